The fourth-order valence-corrected chi connectivity index (χ4v) is 1.61. The lowest BCUT2D eigenvalue weighted by Crippen LogP contribution is -1.86. The monoisotopic (exact) mass is 214 g/mol. The molecule has 0 aromatic heterocycles. The molecule has 0 aliphatic rings. The highest BCUT2D eigenvalue weighted by Gasteiger charge is 2.06. The number of phenolic OH excluding ortho intramolecular Hbond substituents is 2. The van der Waals surface area contributed by atoms with Gasteiger partial charge in [-0.05, 0) is 23.3 Å². The molecule has 3 heteroatoms. The van der Waals surface area contributed by atoms with Gasteiger partial charge < -0.3 is 10.2 Å². The SMILES string of the molecule is O=Cc1ccccc1-c1cc(O)cc(O)c1. The largest absolute Gasteiger partial charge is 0.508 e. The van der Waals surface area contributed by atoms with E-state index in [0.29, 0.717) is 16.7 Å². The summed E-state index contributed by atoms with van der Waals surface area (Å²) in [5.74, 6) is -0.0635. The predicted octanol–water partition coefficient (Wildman–Crippen LogP) is 2.58. The van der Waals surface area contributed by atoms with Crippen LogP contribution in [0, 0.1) is 0 Å². The molecule has 0 heterocycles. The molecular formula is C13H10O3. The number of phenols is 2. The van der Waals surface area contributed by atoms with Gasteiger partial charge in [0.2, 0.25) is 0 Å². The van der Waals surface area contributed by atoms with Crippen molar-refractivity contribution in [3.63, 3.8) is 0 Å². The molecule has 0 radical (unpaired) electrons. The zero-order valence-electron chi connectivity index (χ0n) is 8.42. The summed E-state index contributed by atoms with van der Waals surface area (Å²) < 4.78 is 0. The van der Waals surface area contributed by atoms with Crippen LogP contribution < -0.4 is 0 Å². The second kappa shape index (κ2) is 4.06. The molecule has 0 atom stereocenters. The van der Waals surface area contributed by atoms with Crippen LogP contribution in [-0.4, -0.2) is 16.5 Å². The van der Waals surface area contributed by atoms with E-state index in [1.54, 1.807) is 24.3 Å². The number of carbonyl (C=O) groups excluding carboxylic acids is 1. The lowest BCUT2D eigenvalue weighted by atomic mass is 10.00. The summed E-state index contributed by atoms with van der Waals surface area (Å²) in [6.07, 6.45) is 0.746. The van der Waals surface area contributed by atoms with Crippen LogP contribution in [0.1, 0.15) is 10.4 Å². The van der Waals surface area contributed by atoms with Crippen LogP contribution in [0.15, 0.2) is 42.5 Å². The van der Waals surface area contributed by atoms with Crippen LogP contribution in [-0.2, 0) is 0 Å². The summed E-state index contributed by atoms with van der Waals surface area (Å²) >= 11 is 0. The number of benzene rings is 2. The van der Waals surface area contributed by atoms with Crippen molar-refractivity contribution in [2.45, 2.75) is 0 Å². The number of hydrogen-bond donors (Lipinski definition) is 2. The smallest absolute Gasteiger partial charge is 0.150 e. The zero-order chi connectivity index (χ0) is 11.5. The molecule has 0 saturated carbocycles. The van der Waals surface area contributed by atoms with E-state index in [2.05, 4.69) is 0 Å². The lowest BCUT2D eigenvalue weighted by Gasteiger charge is -2.06. The maximum atomic E-state index is 10.8. The molecule has 2 aromatic carbocycles. The Bertz CT molecular complexity index is 512. The van der Waals surface area contributed by atoms with Crippen molar-refractivity contribution >= 4 is 6.29 Å². The molecule has 80 valence electrons. The Morgan fingerprint density at radius 2 is 1.56 bits per heavy atom. The zero-order valence-corrected chi connectivity index (χ0v) is 8.42. The van der Waals surface area contributed by atoms with Gasteiger partial charge in [-0.1, -0.05) is 24.3 Å². The van der Waals surface area contributed by atoms with Gasteiger partial charge in [0, 0.05) is 11.6 Å². The quantitative estimate of drug-likeness (QED) is 0.755. The standard InChI is InChI=1S/C13H10O3/c14-8-9-3-1-2-4-13(9)10-5-11(15)7-12(16)6-10/h1-8,15-16H. The van der Waals surface area contributed by atoms with Gasteiger partial charge in [0.05, 0.1) is 0 Å². The van der Waals surface area contributed by atoms with E-state index in [0.717, 1.165) is 6.29 Å². The van der Waals surface area contributed by atoms with Crippen molar-refractivity contribution in [2.75, 3.05) is 0 Å². The van der Waals surface area contributed by atoms with Gasteiger partial charge in [-0.3, -0.25) is 4.79 Å². The average molecular weight is 214 g/mol. The summed E-state index contributed by atoms with van der Waals surface area (Å²) in [5, 5.41) is 18.7. The summed E-state index contributed by atoms with van der Waals surface area (Å²) in [7, 11) is 0. The fourth-order valence-electron chi connectivity index (χ4n) is 1.61. The molecule has 0 amide bonds. The number of rotatable bonds is 2. The minimum atomic E-state index is -0.0318. The Labute approximate surface area is 92.6 Å². The van der Waals surface area contributed by atoms with Crippen LogP contribution in [0.4, 0.5) is 0 Å². The highest BCUT2D eigenvalue weighted by Crippen LogP contribution is 2.29. The number of aldehydes is 1. The van der Waals surface area contributed by atoms with Crippen molar-refractivity contribution in [1.82, 2.24) is 0 Å². The molecule has 2 rings (SSSR count). The third kappa shape index (κ3) is 1.88. The highest BCUT2D eigenvalue weighted by molar-refractivity contribution is 5.88. The van der Waals surface area contributed by atoms with E-state index in [1.807, 2.05) is 0 Å². The summed E-state index contributed by atoms with van der Waals surface area (Å²) in [6.45, 7) is 0. The van der Waals surface area contributed by atoms with Crippen molar-refractivity contribution in [3.8, 4) is 22.6 Å². The van der Waals surface area contributed by atoms with Gasteiger partial charge >= 0.3 is 0 Å². The van der Waals surface area contributed by atoms with Gasteiger partial charge in [-0.2, -0.15) is 0 Å². The summed E-state index contributed by atoms with van der Waals surface area (Å²) in [5.41, 5.74) is 1.82. The van der Waals surface area contributed by atoms with Crippen molar-refractivity contribution < 1.29 is 15.0 Å². The molecule has 3 nitrogen and oxygen atoms in total. The van der Waals surface area contributed by atoms with Crippen LogP contribution >= 0.6 is 0 Å². The van der Waals surface area contributed by atoms with E-state index in [9.17, 15) is 15.0 Å². The summed E-state index contributed by atoms with van der Waals surface area (Å²) in [6, 6.07) is 11.2. The Kier molecular flexibility index (Phi) is 2.60. The van der Waals surface area contributed by atoms with Gasteiger partial charge in [0.15, 0.2) is 6.29 Å². The van der Waals surface area contributed by atoms with Crippen molar-refractivity contribution in [1.29, 1.82) is 0 Å². The van der Waals surface area contributed by atoms with Crippen molar-refractivity contribution in [2.24, 2.45) is 0 Å². The number of carbonyl (C=O) groups is 1. The molecule has 2 N–H and O–H groups in total. The minimum Gasteiger partial charge on any atom is -0.508 e. The number of aromatic hydroxyl groups is 2. The molecule has 0 saturated heterocycles. The molecule has 0 aliphatic heterocycles. The molecule has 0 aliphatic carbocycles. The van der Waals surface area contributed by atoms with E-state index in [1.165, 1.54) is 18.2 Å². The van der Waals surface area contributed by atoms with Crippen LogP contribution in [0.3, 0.4) is 0 Å². The predicted molar refractivity (Wildman–Crippen MR) is 60.6 cm³/mol. The molecular weight excluding hydrogens is 204 g/mol. The van der Waals surface area contributed by atoms with Gasteiger partial charge in [0.25, 0.3) is 0 Å². The molecule has 16 heavy (non-hydrogen) atoms. The van der Waals surface area contributed by atoms with Crippen molar-refractivity contribution in [3.05, 3.63) is 48.0 Å². The van der Waals surface area contributed by atoms with E-state index in [-0.39, 0.29) is 11.5 Å². The van der Waals surface area contributed by atoms with Gasteiger partial charge in [0.1, 0.15) is 11.5 Å². The first-order valence-corrected chi connectivity index (χ1v) is 4.78. The summed E-state index contributed by atoms with van der Waals surface area (Å²) in [4.78, 5) is 10.8. The minimum absolute atomic E-state index is 0.0318. The van der Waals surface area contributed by atoms with Crippen LogP contribution in [0.25, 0.3) is 11.1 Å². The Morgan fingerprint density at radius 3 is 2.19 bits per heavy atom. The second-order valence-electron chi connectivity index (χ2n) is 3.44. The highest BCUT2D eigenvalue weighted by atomic mass is 16.3. The molecule has 0 unspecified atom stereocenters. The Hall–Kier alpha value is -2.29. The van der Waals surface area contributed by atoms with Crippen LogP contribution in [0.5, 0.6) is 11.5 Å². The van der Waals surface area contributed by atoms with Gasteiger partial charge in [-0.25, -0.2) is 0 Å². The first-order chi connectivity index (χ1) is 7.70. The second-order valence-corrected chi connectivity index (χ2v) is 3.44. The Morgan fingerprint density at radius 1 is 0.938 bits per heavy atom. The third-order valence-corrected chi connectivity index (χ3v) is 2.30. The first kappa shape index (κ1) is 10.2. The third-order valence-electron chi connectivity index (χ3n) is 2.30. The molecule has 0 spiro atoms. The van der Waals surface area contributed by atoms with Gasteiger partial charge in [-0.15, -0.1) is 0 Å². The number of hydrogen-bond acceptors (Lipinski definition) is 3. The first-order valence-electron chi connectivity index (χ1n) is 4.78. The Balaban J connectivity index is 2.62. The topological polar surface area (TPSA) is 57.5 Å². The van der Waals surface area contributed by atoms with E-state index >= 15 is 0 Å². The lowest BCUT2D eigenvalue weighted by molar-refractivity contribution is 0.112. The average Bonchev–Trinajstić information content (AvgIpc) is 2.27. The maximum absolute atomic E-state index is 10.8. The molecule has 0 bridgehead atoms. The molecule has 2 aromatic rings. The van der Waals surface area contributed by atoms with Crippen LogP contribution in [0.2, 0.25) is 0 Å². The van der Waals surface area contributed by atoms with E-state index in [4.69, 9.17) is 0 Å². The molecule has 0 fully saturated rings. The maximum Gasteiger partial charge on any atom is 0.150 e. The fraction of sp³-hybridized carbons (Fsp3) is 0. The van der Waals surface area contributed by atoms with E-state index < -0.39 is 0 Å². The normalized spacial score (nSPS) is 10.0.